The van der Waals surface area contributed by atoms with E-state index in [4.69, 9.17) is 6.15 Å². The van der Waals surface area contributed by atoms with Gasteiger partial charge in [0, 0.05) is 0 Å². The van der Waals surface area contributed by atoms with Crippen LogP contribution in [-0.2, 0) is 15.7 Å². The summed E-state index contributed by atoms with van der Waals surface area (Å²) in [7, 11) is 0. The summed E-state index contributed by atoms with van der Waals surface area (Å²) in [6.07, 6.45) is 1.72. The van der Waals surface area contributed by atoms with Crippen molar-refractivity contribution in [3.63, 3.8) is 0 Å². The minimum absolute atomic E-state index is 0.157. The van der Waals surface area contributed by atoms with Crippen LogP contribution in [0.3, 0.4) is 0 Å². The van der Waals surface area contributed by atoms with Crippen LogP contribution in [0.4, 0.5) is 0 Å². The molecule has 0 spiro atoms. The summed E-state index contributed by atoms with van der Waals surface area (Å²) >= 11 is -5.55. The van der Waals surface area contributed by atoms with Crippen molar-refractivity contribution in [3.05, 3.63) is 83.9 Å². The molecule has 0 atom stereocenters. The summed E-state index contributed by atoms with van der Waals surface area (Å²) < 4.78 is 9.03. The first kappa shape index (κ1) is 17.1. The Hall–Kier alpha value is -2.74. The van der Waals surface area contributed by atoms with Crippen molar-refractivity contribution in [2.75, 3.05) is 0 Å². The van der Waals surface area contributed by atoms with Crippen LogP contribution in [0.15, 0.2) is 72.8 Å². The summed E-state index contributed by atoms with van der Waals surface area (Å²) in [5, 5.41) is 0. The van der Waals surface area contributed by atoms with Crippen LogP contribution in [0, 0.1) is 0 Å². The molecule has 1 heterocycles. The molecule has 7 heteroatoms. The Morgan fingerprint density at radius 3 is 1.36 bits per heavy atom. The second-order valence-electron chi connectivity index (χ2n) is 5.18. The van der Waals surface area contributed by atoms with E-state index in [0.717, 1.165) is 12.2 Å². The molecule has 0 amide bonds. The predicted octanol–water partition coefficient (Wildman–Crippen LogP) is 1.93. The third kappa shape index (κ3) is 3.39. The van der Waals surface area contributed by atoms with Crippen molar-refractivity contribution in [1.82, 2.24) is 0 Å². The van der Waals surface area contributed by atoms with E-state index < -0.39 is 38.7 Å². The molecule has 0 aliphatic carbocycles. The van der Waals surface area contributed by atoms with Gasteiger partial charge in [-0.1, -0.05) is 0 Å². The zero-order chi connectivity index (χ0) is 17.9. The summed E-state index contributed by atoms with van der Waals surface area (Å²) in [4.78, 5) is 50.0. The first-order valence-corrected chi connectivity index (χ1v) is 12.5. The van der Waals surface area contributed by atoms with Gasteiger partial charge in [0.2, 0.25) is 0 Å². The third-order valence-corrected chi connectivity index (χ3v) is 11.4. The van der Waals surface area contributed by atoms with Gasteiger partial charge in [0.1, 0.15) is 0 Å². The number of hydrogen-bond donors (Lipinski definition) is 0. The first-order chi connectivity index (χ1) is 12.0. The van der Waals surface area contributed by atoms with Crippen LogP contribution in [0.25, 0.3) is 0 Å². The molecule has 1 aliphatic heterocycles. The Morgan fingerprint density at radius 1 is 0.640 bits per heavy atom. The molecule has 0 saturated carbocycles. The molecule has 124 valence electrons. The molecule has 0 fully saturated rings. The van der Waals surface area contributed by atoms with Gasteiger partial charge in [-0.2, -0.15) is 0 Å². The quantitative estimate of drug-likeness (QED) is 0.672. The number of carbonyl (C=O) groups is 4. The third-order valence-electron chi connectivity index (χ3n) is 3.51. The monoisotopic (exact) mass is 444 g/mol. The Labute approximate surface area is 148 Å². The molecule has 2 aromatic carbocycles. The molecule has 6 nitrogen and oxygen atoms in total. The second kappa shape index (κ2) is 7.02. The standard InChI is InChI=1S/2C7H5O.C4H4O4.Sn/c2*8-6-7-4-2-1-3-5-7;5-3(6)1-2-4(7)8;/h2*1-5H;1-2H,(H,5,6)(H,7,8);/q;;;+2/p-2. The van der Waals surface area contributed by atoms with Crippen molar-refractivity contribution in [3.8, 4) is 0 Å². The average molecular weight is 443 g/mol. The molecule has 0 aromatic heterocycles. The minimum atomic E-state index is -5.55. The summed E-state index contributed by atoms with van der Waals surface area (Å²) in [6.45, 7) is 0. The Kier molecular flexibility index (Phi) is 4.80. The van der Waals surface area contributed by atoms with Crippen LogP contribution < -0.4 is 0 Å². The maximum atomic E-state index is 13.1. The predicted molar refractivity (Wildman–Crippen MR) is 88.6 cm³/mol. The number of benzene rings is 2. The van der Waals surface area contributed by atoms with Crippen LogP contribution >= 0.6 is 0 Å². The van der Waals surface area contributed by atoms with Crippen LogP contribution in [0.2, 0.25) is 0 Å². The van der Waals surface area contributed by atoms with Gasteiger partial charge < -0.3 is 0 Å². The molecular weight excluding hydrogens is 431 g/mol. The van der Waals surface area contributed by atoms with E-state index in [1.54, 1.807) is 36.4 Å². The van der Waals surface area contributed by atoms with Gasteiger partial charge in [0.05, 0.1) is 0 Å². The van der Waals surface area contributed by atoms with Crippen molar-refractivity contribution in [2.45, 2.75) is 0 Å². The van der Waals surface area contributed by atoms with Gasteiger partial charge in [-0.15, -0.1) is 0 Å². The topological polar surface area (TPSA) is 86.7 Å². The molecule has 0 radical (unpaired) electrons. The van der Waals surface area contributed by atoms with Gasteiger partial charge in [-0.3, -0.25) is 0 Å². The molecule has 0 unspecified atom stereocenters. The fourth-order valence-electron chi connectivity index (χ4n) is 2.36. The van der Waals surface area contributed by atoms with Crippen molar-refractivity contribution >= 4 is 38.7 Å². The normalized spacial score (nSPS) is 15.7. The van der Waals surface area contributed by atoms with E-state index in [2.05, 4.69) is 0 Å². The van der Waals surface area contributed by atoms with Crippen LogP contribution in [-0.4, -0.2) is 38.7 Å². The molecule has 0 N–H and O–H groups in total. The molecule has 1 aliphatic rings. The van der Waals surface area contributed by atoms with Gasteiger partial charge >= 0.3 is 148 Å². The number of hydrogen-bond acceptors (Lipinski definition) is 6. The van der Waals surface area contributed by atoms with Gasteiger partial charge in [0.15, 0.2) is 0 Å². The van der Waals surface area contributed by atoms with Gasteiger partial charge in [-0.05, 0) is 0 Å². The fraction of sp³-hybridized carbons (Fsp3) is 0. The van der Waals surface area contributed by atoms with Gasteiger partial charge in [0.25, 0.3) is 0 Å². The SMILES string of the molecule is O=C1C=CC(=O)[O][Sn]([C](=O)c2ccccc2)([C](=O)c2ccccc2)[O]1. The molecule has 3 rings (SSSR count). The number of rotatable bonds is 4. The van der Waals surface area contributed by atoms with E-state index in [1.165, 1.54) is 24.3 Å². The summed E-state index contributed by atoms with van der Waals surface area (Å²) in [5.41, 5.74) is 0.315. The average Bonchev–Trinajstić information content (AvgIpc) is 2.81. The van der Waals surface area contributed by atoms with E-state index in [9.17, 15) is 19.2 Å². The van der Waals surface area contributed by atoms with Crippen molar-refractivity contribution in [1.29, 1.82) is 0 Å². The second-order valence-corrected chi connectivity index (χ2v) is 12.5. The van der Waals surface area contributed by atoms with E-state index in [1.807, 2.05) is 0 Å². The van der Waals surface area contributed by atoms with Crippen molar-refractivity contribution < 1.29 is 25.3 Å². The fourth-order valence-corrected chi connectivity index (χ4v) is 9.25. The van der Waals surface area contributed by atoms with E-state index in [0.29, 0.717) is 0 Å². The Bertz CT molecular complexity index is 799. The van der Waals surface area contributed by atoms with Gasteiger partial charge in [-0.25, -0.2) is 0 Å². The Balaban J connectivity index is 2.14. The van der Waals surface area contributed by atoms with Crippen LogP contribution in [0.5, 0.6) is 0 Å². The maximum absolute atomic E-state index is 13.1. The zero-order valence-corrected chi connectivity index (χ0v) is 15.7. The van der Waals surface area contributed by atoms with Crippen LogP contribution in [0.1, 0.15) is 20.7 Å². The van der Waals surface area contributed by atoms with E-state index >= 15 is 0 Å². The summed E-state index contributed by atoms with van der Waals surface area (Å²) in [5.74, 6) is -1.87. The summed E-state index contributed by atoms with van der Waals surface area (Å²) in [6, 6.07) is 15.8. The zero-order valence-electron chi connectivity index (χ0n) is 12.9. The molecule has 2 aromatic rings. The first-order valence-electron chi connectivity index (χ1n) is 7.37. The molecule has 0 saturated heterocycles. The molecule has 0 bridgehead atoms. The Morgan fingerprint density at radius 2 is 1.00 bits per heavy atom. The molecular formula is C18H12O6Sn. The van der Waals surface area contributed by atoms with Crippen molar-refractivity contribution in [2.24, 2.45) is 0 Å². The van der Waals surface area contributed by atoms with E-state index in [-0.39, 0.29) is 11.1 Å². The molecule has 25 heavy (non-hydrogen) atoms. The number of carbonyl (C=O) groups excluding carboxylic acids is 4.